The third kappa shape index (κ3) is 8.34. The zero-order valence-electron chi connectivity index (χ0n) is 27.3. The molecule has 1 aliphatic heterocycles. The number of ketones is 1. The summed E-state index contributed by atoms with van der Waals surface area (Å²) in [7, 11) is -3.54. The minimum absolute atomic E-state index is 0.0344. The highest BCUT2D eigenvalue weighted by Gasteiger charge is 2.32. The Morgan fingerprint density at radius 1 is 0.959 bits per heavy atom. The highest BCUT2D eigenvalue weighted by atomic mass is 35.5. The van der Waals surface area contributed by atoms with E-state index in [1.54, 1.807) is 55.3 Å². The Morgan fingerprint density at radius 2 is 1.69 bits per heavy atom. The number of Topliss-reactive ketones (excluding diaryl/α,β-unsaturated/α-hetero) is 1. The molecule has 2 heterocycles. The molecule has 0 fully saturated rings. The van der Waals surface area contributed by atoms with Crippen LogP contribution in [-0.4, -0.2) is 56.0 Å². The van der Waals surface area contributed by atoms with E-state index in [0.717, 1.165) is 11.6 Å². The van der Waals surface area contributed by atoms with Gasteiger partial charge in [-0.15, -0.1) is 0 Å². The van der Waals surface area contributed by atoms with Crippen LogP contribution in [-0.2, 0) is 48.3 Å². The number of amides is 1. The van der Waals surface area contributed by atoms with Gasteiger partial charge in [0.2, 0.25) is 6.29 Å². The minimum atomic E-state index is -3.54. The topological polar surface area (TPSA) is 137 Å². The number of esters is 2. The molecule has 0 radical (unpaired) electrons. The third-order valence-corrected chi connectivity index (χ3v) is 10.1. The molecule has 13 heteroatoms. The Bertz CT molecular complexity index is 2050. The van der Waals surface area contributed by atoms with Crippen LogP contribution in [0.15, 0.2) is 70.2 Å². The zero-order chi connectivity index (χ0) is 35.6. The fourth-order valence-electron chi connectivity index (χ4n) is 5.69. The summed E-state index contributed by atoms with van der Waals surface area (Å²) in [5.74, 6) is -3.68. The highest BCUT2D eigenvalue weighted by molar-refractivity contribution is 7.90. The molecule has 1 amide bonds. The first kappa shape index (κ1) is 36.1. The van der Waals surface area contributed by atoms with Crippen LogP contribution in [0.2, 0.25) is 10.0 Å². The van der Waals surface area contributed by atoms with Gasteiger partial charge in [0.15, 0.2) is 15.6 Å². The SMILES string of the molecule is CC(OC(=O)C(C)C)OC(=O)[C@@H](CC(=O)c1c(Cl)cc2c(c1Cl)CCN(C(=O)c1ccc3ccoc3c1)C2)Cc1cccc(S(C)(=O)=O)c1. The molecule has 2 atom stereocenters. The van der Waals surface area contributed by atoms with Crippen LogP contribution in [0.1, 0.15) is 64.6 Å². The number of fused-ring (bicyclic) bond motifs is 2. The number of sulfone groups is 1. The van der Waals surface area contributed by atoms with Gasteiger partial charge in [-0.2, -0.15) is 0 Å². The smallest absolute Gasteiger partial charge is 0.312 e. The number of halogens is 2. The van der Waals surface area contributed by atoms with Gasteiger partial charge in [0.05, 0.1) is 38.6 Å². The number of ether oxygens (including phenoxy) is 2. The number of rotatable bonds is 11. The lowest BCUT2D eigenvalue weighted by atomic mass is 9.89. The summed E-state index contributed by atoms with van der Waals surface area (Å²) in [6, 6.07) is 14.7. The molecule has 0 saturated heterocycles. The lowest BCUT2D eigenvalue weighted by Crippen LogP contribution is -2.36. The second-order valence-corrected chi connectivity index (χ2v) is 15.2. The van der Waals surface area contributed by atoms with E-state index >= 15 is 0 Å². The number of furan rings is 1. The van der Waals surface area contributed by atoms with Crippen LogP contribution in [0.25, 0.3) is 11.0 Å². The van der Waals surface area contributed by atoms with Gasteiger partial charge in [0, 0.05) is 43.6 Å². The van der Waals surface area contributed by atoms with Crippen molar-refractivity contribution >= 4 is 67.6 Å². The zero-order valence-corrected chi connectivity index (χ0v) is 29.7. The Kier molecular flexibility index (Phi) is 10.9. The molecule has 49 heavy (non-hydrogen) atoms. The van der Waals surface area contributed by atoms with Crippen molar-refractivity contribution in [2.24, 2.45) is 11.8 Å². The summed E-state index contributed by atoms with van der Waals surface area (Å²) in [5.41, 5.74) is 2.96. The normalized spacial score (nSPS) is 14.3. The van der Waals surface area contributed by atoms with Crippen LogP contribution < -0.4 is 0 Å². The quantitative estimate of drug-likeness (QED) is 0.0922. The van der Waals surface area contributed by atoms with Gasteiger partial charge < -0.3 is 18.8 Å². The summed E-state index contributed by atoms with van der Waals surface area (Å²) in [5, 5.41) is 1.09. The van der Waals surface area contributed by atoms with E-state index in [1.165, 1.54) is 19.1 Å². The Morgan fingerprint density at radius 3 is 2.41 bits per heavy atom. The molecule has 3 aromatic carbocycles. The van der Waals surface area contributed by atoms with E-state index in [9.17, 15) is 27.6 Å². The van der Waals surface area contributed by atoms with Gasteiger partial charge >= 0.3 is 11.9 Å². The molecule has 1 unspecified atom stereocenters. The molecular weight excluding hydrogens is 693 g/mol. The van der Waals surface area contributed by atoms with Crippen LogP contribution in [0.4, 0.5) is 0 Å². The Balaban J connectivity index is 1.38. The van der Waals surface area contributed by atoms with E-state index < -0.39 is 45.7 Å². The fourth-order valence-corrected chi connectivity index (χ4v) is 7.18. The van der Waals surface area contributed by atoms with E-state index in [2.05, 4.69) is 0 Å². The van der Waals surface area contributed by atoms with E-state index in [0.29, 0.717) is 40.8 Å². The molecule has 258 valence electrons. The molecule has 0 aliphatic carbocycles. The highest BCUT2D eigenvalue weighted by Crippen LogP contribution is 2.37. The lowest BCUT2D eigenvalue weighted by Gasteiger charge is -2.30. The standard InChI is InChI=1S/C36H35Cl2NO9S/c1-20(2)35(42)47-21(3)48-36(43)25(14-22-6-5-7-27(15-22)49(4,44)45)17-30(40)32-29(37)16-26-19-39(12-10-28(26)33(32)38)34(41)24-9-8-23-11-13-46-31(23)18-24/h5-9,11,13,15-16,18,20-21,25H,10,12,14,17,19H2,1-4H3/t21?,25-/m1/s1. The van der Waals surface area contributed by atoms with Gasteiger partial charge in [-0.3, -0.25) is 19.2 Å². The van der Waals surface area contributed by atoms with E-state index in [-0.39, 0.29) is 45.8 Å². The van der Waals surface area contributed by atoms with E-state index in [1.807, 2.05) is 12.1 Å². The maximum Gasteiger partial charge on any atom is 0.312 e. The molecule has 0 spiro atoms. The first-order valence-electron chi connectivity index (χ1n) is 15.6. The number of nitrogens with zero attached hydrogens (tertiary/aromatic N) is 1. The van der Waals surface area contributed by atoms with Crippen molar-refractivity contribution in [3.8, 4) is 0 Å². The van der Waals surface area contributed by atoms with Crippen molar-refractivity contribution in [2.75, 3.05) is 12.8 Å². The summed E-state index contributed by atoms with van der Waals surface area (Å²) in [4.78, 5) is 54.5. The number of hydrogen-bond acceptors (Lipinski definition) is 9. The van der Waals surface area contributed by atoms with E-state index in [4.69, 9.17) is 37.1 Å². The van der Waals surface area contributed by atoms with Crippen molar-refractivity contribution in [1.82, 2.24) is 4.90 Å². The predicted octanol–water partition coefficient (Wildman–Crippen LogP) is 6.86. The molecule has 10 nitrogen and oxygen atoms in total. The average molecular weight is 729 g/mol. The fraction of sp³-hybridized carbons (Fsp3) is 0.333. The van der Waals surface area contributed by atoms with Gasteiger partial charge in [0.1, 0.15) is 5.58 Å². The molecule has 0 bridgehead atoms. The maximum absolute atomic E-state index is 13.9. The monoisotopic (exact) mass is 727 g/mol. The van der Waals surface area contributed by atoms with Crippen molar-refractivity contribution in [3.63, 3.8) is 0 Å². The first-order valence-corrected chi connectivity index (χ1v) is 18.3. The Hall–Kier alpha value is -4.19. The van der Waals surface area contributed by atoms with Crippen LogP contribution in [0.5, 0.6) is 0 Å². The molecule has 1 aromatic heterocycles. The number of carbonyl (C=O) groups excluding carboxylic acids is 4. The predicted molar refractivity (Wildman–Crippen MR) is 183 cm³/mol. The van der Waals surface area contributed by atoms with Crippen molar-refractivity contribution < 1.29 is 41.5 Å². The second kappa shape index (κ2) is 14.7. The lowest BCUT2D eigenvalue weighted by molar-refractivity contribution is -0.189. The minimum Gasteiger partial charge on any atom is -0.464 e. The molecular formula is C36H35Cl2NO9S. The third-order valence-electron chi connectivity index (χ3n) is 8.28. The van der Waals surface area contributed by atoms with Crippen LogP contribution >= 0.6 is 23.2 Å². The molecule has 0 saturated carbocycles. The summed E-state index contributed by atoms with van der Waals surface area (Å²) in [6.45, 7) is 5.22. The van der Waals surface area contributed by atoms with Crippen LogP contribution in [0, 0.1) is 11.8 Å². The van der Waals surface area contributed by atoms with Crippen molar-refractivity contribution in [3.05, 3.63) is 98.7 Å². The molecule has 5 rings (SSSR count). The molecule has 4 aromatic rings. The van der Waals surface area contributed by atoms with Crippen molar-refractivity contribution in [2.45, 2.75) is 57.8 Å². The summed E-state index contributed by atoms with van der Waals surface area (Å²) < 4.78 is 40.4. The molecule has 0 N–H and O–H groups in total. The second-order valence-electron chi connectivity index (χ2n) is 12.4. The largest absolute Gasteiger partial charge is 0.464 e. The first-order chi connectivity index (χ1) is 23.1. The number of benzene rings is 3. The number of carbonyl (C=O) groups is 4. The summed E-state index contributed by atoms with van der Waals surface area (Å²) in [6.07, 6.45) is 1.32. The average Bonchev–Trinajstić information content (AvgIpc) is 3.51. The van der Waals surface area contributed by atoms with Gasteiger partial charge in [-0.25, -0.2) is 8.42 Å². The molecule has 1 aliphatic rings. The Labute approximate surface area is 294 Å². The maximum atomic E-state index is 13.9. The number of hydrogen-bond donors (Lipinski definition) is 0. The van der Waals surface area contributed by atoms with Gasteiger partial charge in [0.25, 0.3) is 5.91 Å². The van der Waals surface area contributed by atoms with Gasteiger partial charge in [-0.1, -0.05) is 55.2 Å². The van der Waals surface area contributed by atoms with Gasteiger partial charge in [-0.05, 0) is 65.9 Å². The van der Waals surface area contributed by atoms with Crippen LogP contribution in [0.3, 0.4) is 0 Å². The van der Waals surface area contributed by atoms with Crippen molar-refractivity contribution in [1.29, 1.82) is 0 Å². The summed E-state index contributed by atoms with van der Waals surface area (Å²) >= 11 is 13.5.